The number of halogens is 1. The molecule has 1 aliphatic rings. The summed E-state index contributed by atoms with van der Waals surface area (Å²) in [6.45, 7) is 9.70. The van der Waals surface area contributed by atoms with Crippen LogP contribution in [0.25, 0.3) is 21.2 Å². The van der Waals surface area contributed by atoms with Gasteiger partial charge >= 0.3 is 5.97 Å². The fourth-order valence-electron chi connectivity index (χ4n) is 5.44. The average molecular weight is 534 g/mol. The molecule has 198 valence electrons. The Morgan fingerprint density at radius 1 is 1.16 bits per heavy atom. The molecular weight excluding hydrogens is 501 g/mol. The molecule has 1 aromatic heterocycles. The van der Waals surface area contributed by atoms with Crippen molar-refractivity contribution >= 4 is 33.2 Å². The van der Waals surface area contributed by atoms with E-state index in [9.17, 15) is 19.4 Å². The van der Waals surface area contributed by atoms with Gasteiger partial charge in [-0.3, -0.25) is 4.90 Å². The summed E-state index contributed by atoms with van der Waals surface area (Å²) < 4.78 is 13.8. The van der Waals surface area contributed by atoms with Crippen molar-refractivity contribution in [2.75, 3.05) is 24.5 Å². The second-order valence-electron chi connectivity index (χ2n) is 10.5. The normalized spacial score (nSPS) is 16.4. The Hall–Kier alpha value is -3.49. The number of piperazine rings is 1. The van der Waals surface area contributed by atoms with Crippen molar-refractivity contribution in [3.8, 4) is 16.2 Å². The molecule has 1 atom stereocenters. The van der Waals surface area contributed by atoms with Gasteiger partial charge in [0.1, 0.15) is 17.1 Å². The fraction of sp³-hybridized carbons (Fsp3) is 0.333. The molecule has 0 amide bonds. The maximum Gasteiger partial charge on any atom is 0.339 e. The number of nitrogens with zero attached hydrogens (tertiary/aromatic N) is 3. The zero-order valence-corrected chi connectivity index (χ0v) is 22.6. The quantitative estimate of drug-likeness (QED) is 0.281. The molecule has 0 spiro atoms. The minimum atomic E-state index is -1.14. The lowest BCUT2D eigenvalue weighted by molar-refractivity contribution is 0.0694. The van der Waals surface area contributed by atoms with E-state index in [0.29, 0.717) is 17.8 Å². The van der Waals surface area contributed by atoms with E-state index >= 15 is 0 Å². The van der Waals surface area contributed by atoms with E-state index in [2.05, 4.69) is 29.7 Å². The first-order valence-electron chi connectivity index (χ1n) is 12.9. The largest absolute Gasteiger partial charge is 0.506 e. The molecular formula is C30H32FN3O3S. The maximum absolute atomic E-state index is 13.8. The molecule has 5 rings (SSSR count). The number of thiazole rings is 1. The number of aryl methyl sites for hydroxylation is 1. The summed E-state index contributed by atoms with van der Waals surface area (Å²) in [6.07, 6.45) is 2.86. The molecule has 38 heavy (non-hydrogen) atoms. The Labute approximate surface area is 226 Å². The first-order chi connectivity index (χ1) is 18.2. The zero-order valence-electron chi connectivity index (χ0n) is 21.8. The van der Waals surface area contributed by atoms with Crippen LogP contribution in [0.4, 0.5) is 9.52 Å². The van der Waals surface area contributed by atoms with Crippen molar-refractivity contribution < 1.29 is 19.4 Å². The number of benzene rings is 3. The maximum atomic E-state index is 13.8. The second-order valence-corrected chi connectivity index (χ2v) is 11.5. The van der Waals surface area contributed by atoms with Gasteiger partial charge in [-0.1, -0.05) is 49.4 Å². The Balaban J connectivity index is 1.37. The summed E-state index contributed by atoms with van der Waals surface area (Å²) >= 11 is 1.60. The summed E-state index contributed by atoms with van der Waals surface area (Å²) in [5, 5.41) is 22.5. The van der Waals surface area contributed by atoms with Gasteiger partial charge in [-0.15, -0.1) is 0 Å². The van der Waals surface area contributed by atoms with Crippen molar-refractivity contribution in [1.29, 1.82) is 0 Å². The van der Waals surface area contributed by atoms with Crippen LogP contribution in [0.3, 0.4) is 0 Å². The van der Waals surface area contributed by atoms with Gasteiger partial charge in [-0.05, 0) is 65.6 Å². The first kappa shape index (κ1) is 26.1. The van der Waals surface area contributed by atoms with Crippen molar-refractivity contribution in [2.45, 2.75) is 39.8 Å². The van der Waals surface area contributed by atoms with Crippen LogP contribution in [0, 0.1) is 18.7 Å². The van der Waals surface area contributed by atoms with E-state index in [0.717, 1.165) is 58.1 Å². The number of aromatic carboxylic acids is 1. The van der Waals surface area contributed by atoms with E-state index in [-0.39, 0.29) is 23.2 Å². The number of rotatable bonds is 7. The number of carboxylic acid groups (broad SMARTS) is 1. The van der Waals surface area contributed by atoms with Crippen molar-refractivity contribution in [2.24, 2.45) is 5.92 Å². The summed E-state index contributed by atoms with van der Waals surface area (Å²) in [5.41, 5.74) is 2.82. The third-order valence-corrected chi connectivity index (χ3v) is 8.25. The summed E-state index contributed by atoms with van der Waals surface area (Å²) in [7, 11) is 0. The van der Waals surface area contributed by atoms with Gasteiger partial charge in [0.05, 0.1) is 4.88 Å². The van der Waals surface area contributed by atoms with E-state index in [1.165, 1.54) is 12.1 Å². The standard InChI is InChI=1S/C30H32FN3O3S/c1-18(2)11-23-17-33(9-10-34(23)30-32-15-27(38-30)21-5-4-6-22(31)14-21)16-20-12-19(3)24-7-8-25(29(36)37)28(35)26(24)13-20/h4-8,12-15,18,23,35H,9-11,16-17H2,1-3H3,(H,36,37)/t23-/m1/s1. The van der Waals surface area contributed by atoms with Gasteiger partial charge < -0.3 is 15.1 Å². The minimum absolute atomic E-state index is 0.0827. The minimum Gasteiger partial charge on any atom is -0.506 e. The van der Waals surface area contributed by atoms with E-state index < -0.39 is 5.97 Å². The summed E-state index contributed by atoms with van der Waals surface area (Å²) in [5.74, 6) is -1.05. The molecule has 6 nitrogen and oxygen atoms in total. The third-order valence-electron chi connectivity index (χ3n) is 7.17. The molecule has 3 aromatic carbocycles. The zero-order chi connectivity index (χ0) is 27.0. The number of carbonyl (C=O) groups is 1. The molecule has 4 aromatic rings. The lowest BCUT2D eigenvalue weighted by Gasteiger charge is -2.42. The lowest BCUT2D eigenvalue weighted by Crippen LogP contribution is -2.53. The van der Waals surface area contributed by atoms with Crippen LogP contribution in [0.5, 0.6) is 5.75 Å². The van der Waals surface area contributed by atoms with Crippen LogP contribution in [-0.2, 0) is 6.54 Å². The predicted molar refractivity (Wildman–Crippen MR) is 151 cm³/mol. The molecule has 0 aliphatic carbocycles. The van der Waals surface area contributed by atoms with Gasteiger partial charge in [-0.2, -0.15) is 0 Å². The average Bonchev–Trinajstić information content (AvgIpc) is 3.34. The Morgan fingerprint density at radius 3 is 2.71 bits per heavy atom. The first-order valence-corrected chi connectivity index (χ1v) is 13.7. The predicted octanol–water partition coefficient (Wildman–Crippen LogP) is 6.55. The van der Waals surface area contributed by atoms with Gasteiger partial charge in [0, 0.05) is 43.8 Å². The van der Waals surface area contributed by atoms with E-state index in [1.807, 2.05) is 25.3 Å². The van der Waals surface area contributed by atoms with Crippen molar-refractivity contribution in [3.63, 3.8) is 0 Å². The number of carboxylic acids is 1. The fourth-order valence-corrected chi connectivity index (χ4v) is 6.45. The topological polar surface area (TPSA) is 76.9 Å². The van der Waals surface area contributed by atoms with Crippen molar-refractivity contribution in [1.82, 2.24) is 9.88 Å². The van der Waals surface area contributed by atoms with Gasteiger partial charge in [0.15, 0.2) is 5.13 Å². The van der Waals surface area contributed by atoms with Crippen LogP contribution in [0.1, 0.15) is 41.8 Å². The summed E-state index contributed by atoms with van der Waals surface area (Å²) in [4.78, 5) is 22.0. The molecule has 1 aliphatic heterocycles. The van der Waals surface area contributed by atoms with Gasteiger partial charge in [0.25, 0.3) is 0 Å². The van der Waals surface area contributed by atoms with Crippen LogP contribution in [0.15, 0.2) is 54.7 Å². The van der Waals surface area contributed by atoms with Crippen molar-refractivity contribution in [3.05, 3.63) is 77.2 Å². The number of anilines is 1. The molecule has 0 bridgehead atoms. The van der Waals surface area contributed by atoms with Crippen LogP contribution < -0.4 is 4.90 Å². The van der Waals surface area contributed by atoms with Crippen LogP contribution >= 0.6 is 11.3 Å². The van der Waals surface area contributed by atoms with Gasteiger partial charge in [0.2, 0.25) is 0 Å². The van der Waals surface area contributed by atoms with Crippen LogP contribution in [0.2, 0.25) is 0 Å². The van der Waals surface area contributed by atoms with E-state index in [4.69, 9.17) is 4.98 Å². The highest BCUT2D eigenvalue weighted by molar-refractivity contribution is 7.18. The molecule has 2 heterocycles. The third kappa shape index (κ3) is 5.37. The number of fused-ring (bicyclic) bond motifs is 1. The number of aromatic nitrogens is 1. The molecule has 0 unspecified atom stereocenters. The van der Waals surface area contributed by atoms with E-state index in [1.54, 1.807) is 29.5 Å². The molecule has 1 saturated heterocycles. The Bertz CT molecular complexity index is 1490. The highest BCUT2D eigenvalue weighted by atomic mass is 32.1. The highest BCUT2D eigenvalue weighted by Gasteiger charge is 2.30. The summed E-state index contributed by atoms with van der Waals surface area (Å²) in [6, 6.07) is 14.2. The second kappa shape index (κ2) is 10.7. The SMILES string of the molecule is Cc1cc(CN2CCN(c3ncc(-c4cccc(F)c4)s3)[C@H](CC(C)C)C2)cc2c(O)c(C(=O)O)ccc12. The number of aromatic hydroxyl groups is 1. The van der Waals surface area contributed by atoms with Gasteiger partial charge in [-0.25, -0.2) is 14.2 Å². The molecule has 8 heteroatoms. The monoisotopic (exact) mass is 533 g/mol. The molecule has 1 fully saturated rings. The number of phenols is 1. The van der Waals surface area contributed by atoms with Crippen LogP contribution in [-0.4, -0.2) is 51.7 Å². The highest BCUT2D eigenvalue weighted by Crippen LogP contribution is 2.35. The Kier molecular flexibility index (Phi) is 7.36. The lowest BCUT2D eigenvalue weighted by atomic mass is 9.97. The molecule has 2 N–H and O–H groups in total. The Morgan fingerprint density at radius 2 is 1.97 bits per heavy atom. The molecule has 0 radical (unpaired) electrons. The number of hydrogen-bond donors (Lipinski definition) is 2. The number of hydrogen-bond acceptors (Lipinski definition) is 6. The smallest absolute Gasteiger partial charge is 0.339 e. The molecule has 0 saturated carbocycles.